The largest absolute Gasteiger partial charge is 0.490 e. The minimum atomic E-state index is -0.116. The van der Waals surface area contributed by atoms with Crippen LogP contribution in [0.1, 0.15) is 55.6 Å². The van der Waals surface area contributed by atoms with Crippen LogP contribution in [0.5, 0.6) is 5.75 Å². The molecule has 0 saturated carbocycles. The molecule has 0 bridgehead atoms. The number of nitrogens with zero attached hydrogens (tertiary/aromatic N) is 4. The maximum Gasteiger partial charge on any atom is 0.224 e. The number of carbonyl (C=O) groups is 1. The zero-order valence-corrected chi connectivity index (χ0v) is 18.6. The van der Waals surface area contributed by atoms with Crippen molar-refractivity contribution in [3.63, 3.8) is 0 Å². The van der Waals surface area contributed by atoms with Gasteiger partial charge in [-0.3, -0.25) is 9.78 Å². The fourth-order valence-electron chi connectivity index (χ4n) is 4.73. The molecule has 2 atom stereocenters. The zero-order chi connectivity index (χ0) is 22.3. The fraction of sp³-hybridized carbons (Fsp3) is 0.400. The minimum absolute atomic E-state index is 0.00330. The topological polar surface area (TPSA) is 89.9 Å². The van der Waals surface area contributed by atoms with Gasteiger partial charge < -0.3 is 10.1 Å². The maximum atomic E-state index is 13.0. The van der Waals surface area contributed by atoms with Crippen LogP contribution in [0, 0.1) is 5.41 Å². The molecule has 0 fully saturated rings. The van der Waals surface area contributed by atoms with Gasteiger partial charge in [-0.1, -0.05) is 26.0 Å². The van der Waals surface area contributed by atoms with Gasteiger partial charge in [0.15, 0.2) is 5.82 Å². The molecule has 0 saturated heterocycles. The Balaban J connectivity index is 1.35. The van der Waals surface area contributed by atoms with Gasteiger partial charge in [0.05, 0.1) is 24.4 Å². The second kappa shape index (κ2) is 7.97. The van der Waals surface area contributed by atoms with E-state index in [1.165, 1.54) is 5.56 Å². The molecule has 1 N–H and O–H groups in total. The molecule has 32 heavy (non-hydrogen) atoms. The van der Waals surface area contributed by atoms with E-state index in [0.717, 1.165) is 41.8 Å². The van der Waals surface area contributed by atoms with Gasteiger partial charge in [0, 0.05) is 30.6 Å². The summed E-state index contributed by atoms with van der Waals surface area (Å²) in [5.74, 6) is 1.50. The second-order valence-corrected chi connectivity index (χ2v) is 9.60. The van der Waals surface area contributed by atoms with E-state index in [2.05, 4.69) is 47.1 Å². The summed E-state index contributed by atoms with van der Waals surface area (Å²) < 4.78 is 5.77. The average Bonchev–Trinajstić information content (AvgIpc) is 3.12. The maximum absolute atomic E-state index is 13.0. The lowest BCUT2D eigenvalue weighted by Gasteiger charge is -2.36. The molecule has 0 radical (unpaired) electrons. The summed E-state index contributed by atoms with van der Waals surface area (Å²) in [4.78, 5) is 30.7. The Bertz CT molecular complexity index is 1160. The summed E-state index contributed by atoms with van der Waals surface area (Å²) in [6, 6.07) is 5.93. The van der Waals surface area contributed by atoms with Crippen LogP contribution in [0.4, 0.5) is 0 Å². The van der Waals surface area contributed by atoms with Gasteiger partial charge in [0.1, 0.15) is 17.5 Å². The summed E-state index contributed by atoms with van der Waals surface area (Å²) in [5, 5.41) is 3.24. The highest BCUT2D eigenvalue weighted by Gasteiger charge is 2.34. The lowest BCUT2D eigenvalue weighted by molar-refractivity contribution is -0.121. The Morgan fingerprint density at radius 1 is 1.22 bits per heavy atom. The molecular weight excluding hydrogens is 402 g/mol. The molecule has 164 valence electrons. The lowest BCUT2D eigenvalue weighted by atomic mass is 9.74. The van der Waals surface area contributed by atoms with Crippen LogP contribution in [-0.4, -0.2) is 31.9 Å². The molecule has 1 amide bonds. The van der Waals surface area contributed by atoms with E-state index >= 15 is 0 Å². The monoisotopic (exact) mass is 429 g/mol. The van der Waals surface area contributed by atoms with E-state index in [1.54, 1.807) is 18.6 Å². The first-order valence-electron chi connectivity index (χ1n) is 11.1. The molecule has 5 rings (SSSR count). The number of nitrogens with one attached hydrogen (secondary N) is 1. The number of ether oxygens (including phenoxy) is 1. The van der Waals surface area contributed by atoms with Gasteiger partial charge in [-0.15, -0.1) is 0 Å². The first kappa shape index (κ1) is 20.5. The van der Waals surface area contributed by atoms with Crippen LogP contribution in [0.15, 0.2) is 43.0 Å². The molecule has 2 aliphatic rings. The molecule has 3 aromatic rings. The van der Waals surface area contributed by atoms with Crippen molar-refractivity contribution < 1.29 is 9.53 Å². The van der Waals surface area contributed by atoms with Gasteiger partial charge >= 0.3 is 0 Å². The fourth-order valence-corrected chi connectivity index (χ4v) is 4.73. The van der Waals surface area contributed by atoms with E-state index in [9.17, 15) is 4.79 Å². The first-order chi connectivity index (χ1) is 15.4. The van der Waals surface area contributed by atoms with Crippen LogP contribution < -0.4 is 10.1 Å². The van der Waals surface area contributed by atoms with Crippen LogP contribution in [0.25, 0.3) is 11.5 Å². The third-order valence-electron chi connectivity index (χ3n) is 6.13. The first-order valence-corrected chi connectivity index (χ1v) is 11.1. The third kappa shape index (κ3) is 4.20. The second-order valence-electron chi connectivity index (χ2n) is 9.60. The third-order valence-corrected chi connectivity index (χ3v) is 6.13. The van der Waals surface area contributed by atoms with E-state index in [1.807, 2.05) is 18.3 Å². The predicted molar refractivity (Wildman–Crippen MR) is 120 cm³/mol. The number of fused-ring (bicyclic) bond motifs is 2. The number of rotatable bonds is 4. The highest BCUT2D eigenvalue weighted by molar-refractivity contribution is 5.79. The van der Waals surface area contributed by atoms with Crippen LogP contribution >= 0.6 is 0 Å². The number of amides is 1. The van der Waals surface area contributed by atoms with Crippen molar-refractivity contribution in [2.75, 3.05) is 0 Å². The molecule has 1 aliphatic heterocycles. The smallest absolute Gasteiger partial charge is 0.224 e. The molecular formula is C25H27N5O2. The van der Waals surface area contributed by atoms with Crippen molar-refractivity contribution in [3.8, 4) is 17.3 Å². The summed E-state index contributed by atoms with van der Waals surface area (Å²) in [6.45, 7) is 6.48. The van der Waals surface area contributed by atoms with Crippen molar-refractivity contribution >= 4 is 5.91 Å². The lowest BCUT2D eigenvalue weighted by Crippen LogP contribution is -2.37. The van der Waals surface area contributed by atoms with Gasteiger partial charge in [0.2, 0.25) is 5.91 Å². The van der Waals surface area contributed by atoms with Crippen LogP contribution in [0.3, 0.4) is 0 Å². The number of aromatic nitrogens is 4. The van der Waals surface area contributed by atoms with Gasteiger partial charge in [-0.2, -0.15) is 0 Å². The van der Waals surface area contributed by atoms with Crippen LogP contribution in [-0.2, 0) is 24.1 Å². The van der Waals surface area contributed by atoms with Gasteiger partial charge in [0.25, 0.3) is 0 Å². The number of hydrogen-bond donors (Lipinski definition) is 1. The molecule has 1 aliphatic carbocycles. The molecule has 0 spiro atoms. The SMILES string of the molecule is C[C@H]1Cc2cc(CC(=O)N[C@H]3CC(C)(C)Cc4nc(-c5cnccn5)ncc43)ccc2O1. The van der Waals surface area contributed by atoms with Crippen LogP contribution in [0.2, 0.25) is 0 Å². The standard InChI is InChI=1S/C25H27N5O2/c1-15-8-17-9-16(4-5-22(17)32-15)10-23(31)29-19-11-25(2,3)12-20-18(19)13-28-24(30-20)21-14-26-6-7-27-21/h4-7,9,13-15,19H,8,10-12H2,1-3H3,(H,29,31)/t15-,19-/m0/s1. The molecule has 2 aromatic heterocycles. The highest BCUT2D eigenvalue weighted by Crippen LogP contribution is 2.40. The summed E-state index contributed by atoms with van der Waals surface area (Å²) in [5.41, 5.74) is 4.79. The van der Waals surface area contributed by atoms with Gasteiger partial charge in [-0.25, -0.2) is 15.0 Å². The van der Waals surface area contributed by atoms with Crippen molar-refractivity contribution in [1.82, 2.24) is 25.3 Å². The molecule has 0 unspecified atom stereocenters. The number of benzene rings is 1. The van der Waals surface area contributed by atoms with Crippen molar-refractivity contribution in [1.29, 1.82) is 0 Å². The van der Waals surface area contributed by atoms with E-state index in [-0.39, 0.29) is 23.5 Å². The Hall–Kier alpha value is -3.35. The van der Waals surface area contributed by atoms with E-state index in [0.29, 0.717) is 17.9 Å². The number of carbonyl (C=O) groups excluding carboxylic acids is 1. The van der Waals surface area contributed by atoms with Crippen molar-refractivity contribution in [2.24, 2.45) is 5.41 Å². The normalized spacial score (nSPS) is 20.7. The summed E-state index contributed by atoms with van der Waals surface area (Å²) in [6.07, 6.45) is 9.86. The van der Waals surface area contributed by atoms with E-state index in [4.69, 9.17) is 9.72 Å². The Labute approximate surface area is 187 Å². The quantitative estimate of drug-likeness (QED) is 0.681. The number of hydrogen-bond acceptors (Lipinski definition) is 6. The summed E-state index contributed by atoms with van der Waals surface area (Å²) in [7, 11) is 0. The average molecular weight is 430 g/mol. The summed E-state index contributed by atoms with van der Waals surface area (Å²) >= 11 is 0. The molecule has 7 nitrogen and oxygen atoms in total. The van der Waals surface area contributed by atoms with Crippen molar-refractivity contribution in [2.45, 2.75) is 58.6 Å². The highest BCUT2D eigenvalue weighted by atomic mass is 16.5. The minimum Gasteiger partial charge on any atom is -0.490 e. The van der Waals surface area contributed by atoms with E-state index < -0.39 is 0 Å². The molecule has 1 aromatic carbocycles. The zero-order valence-electron chi connectivity index (χ0n) is 18.6. The van der Waals surface area contributed by atoms with Gasteiger partial charge in [-0.05, 0) is 42.4 Å². The molecule has 7 heteroatoms. The predicted octanol–water partition coefficient (Wildman–Crippen LogP) is 3.63. The Kier molecular flexibility index (Phi) is 5.12. The molecule has 3 heterocycles. The Morgan fingerprint density at radius 2 is 2.09 bits per heavy atom. The Morgan fingerprint density at radius 3 is 2.91 bits per heavy atom. The van der Waals surface area contributed by atoms with Crippen molar-refractivity contribution in [3.05, 3.63) is 65.4 Å².